The van der Waals surface area contributed by atoms with Gasteiger partial charge in [-0.05, 0) is 56.2 Å². The van der Waals surface area contributed by atoms with Gasteiger partial charge in [-0.3, -0.25) is 14.2 Å². The van der Waals surface area contributed by atoms with Crippen molar-refractivity contribution >= 4 is 33.1 Å². The van der Waals surface area contributed by atoms with E-state index in [-0.39, 0.29) is 11.5 Å². The molecule has 0 bridgehead atoms. The molecular formula is C21H23N3O2S. The van der Waals surface area contributed by atoms with Crippen LogP contribution < -0.4 is 10.9 Å². The standard InChI is InChI=1S/C21H23N3O2S/c1-4-15(19(25)23-18-12(2)7-5-8-13(18)3)24-11-22-20-17(21(24)26)14-9-6-10-16(14)27-20/h5,7-8,11,15H,4,6,9-10H2,1-3H3,(H,23,25). The van der Waals surface area contributed by atoms with Crippen molar-refractivity contribution < 1.29 is 4.79 Å². The molecule has 3 aromatic rings. The highest BCUT2D eigenvalue weighted by Gasteiger charge is 2.26. The van der Waals surface area contributed by atoms with Gasteiger partial charge in [-0.2, -0.15) is 0 Å². The van der Waals surface area contributed by atoms with Crippen LogP contribution in [0.4, 0.5) is 5.69 Å². The fourth-order valence-electron chi connectivity index (χ4n) is 3.95. The lowest BCUT2D eigenvalue weighted by Crippen LogP contribution is -2.33. The average Bonchev–Trinajstić information content (AvgIpc) is 3.21. The third kappa shape index (κ3) is 2.98. The summed E-state index contributed by atoms with van der Waals surface area (Å²) in [5.74, 6) is -0.176. The molecule has 140 valence electrons. The van der Waals surface area contributed by atoms with Crippen molar-refractivity contribution in [3.63, 3.8) is 0 Å². The number of aromatic nitrogens is 2. The highest BCUT2D eigenvalue weighted by Crippen LogP contribution is 2.34. The Labute approximate surface area is 162 Å². The van der Waals surface area contributed by atoms with E-state index < -0.39 is 6.04 Å². The molecule has 1 amide bonds. The van der Waals surface area contributed by atoms with E-state index in [2.05, 4.69) is 10.3 Å². The van der Waals surface area contributed by atoms with Crippen LogP contribution in [0, 0.1) is 13.8 Å². The van der Waals surface area contributed by atoms with Gasteiger partial charge in [0.15, 0.2) is 0 Å². The molecule has 2 aromatic heterocycles. The van der Waals surface area contributed by atoms with Crippen LogP contribution in [0.1, 0.15) is 47.4 Å². The van der Waals surface area contributed by atoms with Crippen LogP contribution >= 0.6 is 11.3 Å². The van der Waals surface area contributed by atoms with E-state index in [1.807, 2.05) is 39.0 Å². The zero-order valence-corrected chi connectivity index (χ0v) is 16.7. The third-order valence-corrected chi connectivity index (χ3v) is 6.60. The molecule has 1 aliphatic carbocycles. The quantitative estimate of drug-likeness (QED) is 0.738. The summed E-state index contributed by atoms with van der Waals surface area (Å²) in [7, 11) is 0. The predicted octanol–water partition coefficient (Wildman–Crippen LogP) is 4.15. The normalized spacial score (nSPS) is 14.3. The smallest absolute Gasteiger partial charge is 0.263 e. The van der Waals surface area contributed by atoms with Crippen molar-refractivity contribution in [1.29, 1.82) is 0 Å². The number of fused-ring (bicyclic) bond motifs is 3. The first-order valence-electron chi connectivity index (χ1n) is 9.39. The minimum Gasteiger partial charge on any atom is -0.324 e. The van der Waals surface area contributed by atoms with E-state index >= 15 is 0 Å². The van der Waals surface area contributed by atoms with Gasteiger partial charge in [0.05, 0.1) is 11.7 Å². The number of hydrogen-bond donors (Lipinski definition) is 1. The van der Waals surface area contributed by atoms with Crippen LogP contribution in [0.15, 0.2) is 29.3 Å². The number of carbonyl (C=O) groups is 1. The van der Waals surface area contributed by atoms with Gasteiger partial charge >= 0.3 is 0 Å². The fraction of sp³-hybridized carbons (Fsp3) is 0.381. The molecule has 1 N–H and O–H groups in total. The Hall–Kier alpha value is -2.47. The molecule has 0 saturated carbocycles. The SMILES string of the molecule is CCC(C(=O)Nc1c(C)cccc1C)n1cnc2sc3c(c2c1=O)CCC3. The molecule has 0 aliphatic heterocycles. The van der Waals surface area contributed by atoms with Crippen molar-refractivity contribution in [2.75, 3.05) is 5.32 Å². The van der Waals surface area contributed by atoms with Gasteiger partial charge in [-0.1, -0.05) is 25.1 Å². The summed E-state index contributed by atoms with van der Waals surface area (Å²) in [6.07, 6.45) is 5.11. The molecule has 5 nitrogen and oxygen atoms in total. The number of anilines is 1. The molecular weight excluding hydrogens is 358 g/mol. The Morgan fingerprint density at radius 3 is 2.74 bits per heavy atom. The highest BCUT2D eigenvalue weighted by molar-refractivity contribution is 7.18. The van der Waals surface area contributed by atoms with Crippen molar-refractivity contribution in [3.8, 4) is 0 Å². The number of benzene rings is 1. The Balaban J connectivity index is 1.73. The summed E-state index contributed by atoms with van der Waals surface area (Å²) in [6.45, 7) is 5.86. The second kappa shape index (κ2) is 6.93. The number of hydrogen-bond acceptors (Lipinski definition) is 4. The molecule has 0 fully saturated rings. The van der Waals surface area contributed by atoms with Gasteiger partial charge < -0.3 is 5.32 Å². The van der Waals surface area contributed by atoms with Gasteiger partial charge in [-0.15, -0.1) is 11.3 Å². The Morgan fingerprint density at radius 1 is 1.30 bits per heavy atom. The second-order valence-corrected chi connectivity index (χ2v) is 8.26. The first-order chi connectivity index (χ1) is 13.0. The first kappa shape index (κ1) is 17.9. The Morgan fingerprint density at radius 2 is 2.04 bits per heavy atom. The van der Waals surface area contributed by atoms with Crippen LogP contribution in [0.25, 0.3) is 10.2 Å². The lowest BCUT2D eigenvalue weighted by Gasteiger charge is -2.19. The predicted molar refractivity (Wildman–Crippen MR) is 110 cm³/mol. The zero-order chi connectivity index (χ0) is 19.1. The Bertz CT molecular complexity index is 1080. The van der Waals surface area contributed by atoms with E-state index in [4.69, 9.17) is 0 Å². The molecule has 27 heavy (non-hydrogen) atoms. The first-order valence-corrected chi connectivity index (χ1v) is 10.2. The van der Waals surface area contributed by atoms with Crippen molar-refractivity contribution in [1.82, 2.24) is 9.55 Å². The monoisotopic (exact) mass is 381 g/mol. The van der Waals surface area contributed by atoms with Gasteiger partial charge in [0.25, 0.3) is 5.56 Å². The molecule has 1 atom stereocenters. The summed E-state index contributed by atoms with van der Waals surface area (Å²) in [6, 6.07) is 5.33. The fourth-order valence-corrected chi connectivity index (χ4v) is 5.17. The minimum atomic E-state index is -0.578. The second-order valence-electron chi connectivity index (χ2n) is 7.17. The summed E-state index contributed by atoms with van der Waals surface area (Å²) < 4.78 is 1.51. The summed E-state index contributed by atoms with van der Waals surface area (Å²) in [4.78, 5) is 32.8. The maximum Gasteiger partial charge on any atom is 0.263 e. The Kier molecular flexibility index (Phi) is 4.60. The number of para-hydroxylation sites is 1. The van der Waals surface area contributed by atoms with Crippen molar-refractivity contribution in [2.45, 2.75) is 52.5 Å². The lowest BCUT2D eigenvalue weighted by atomic mass is 10.1. The van der Waals surface area contributed by atoms with E-state index in [1.54, 1.807) is 11.3 Å². The molecule has 0 spiro atoms. The maximum absolute atomic E-state index is 13.2. The van der Waals surface area contributed by atoms with E-state index in [0.717, 1.165) is 46.5 Å². The number of rotatable bonds is 4. The number of amides is 1. The maximum atomic E-state index is 13.2. The van der Waals surface area contributed by atoms with Crippen LogP contribution in [0.2, 0.25) is 0 Å². The molecule has 1 aromatic carbocycles. The molecule has 6 heteroatoms. The minimum absolute atomic E-state index is 0.0945. The molecule has 0 radical (unpaired) electrons. The molecule has 0 saturated heterocycles. The third-order valence-electron chi connectivity index (χ3n) is 5.40. The average molecular weight is 382 g/mol. The largest absolute Gasteiger partial charge is 0.324 e. The van der Waals surface area contributed by atoms with Gasteiger partial charge in [0.2, 0.25) is 5.91 Å². The molecule has 1 aliphatic rings. The van der Waals surface area contributed by atoms with E-state index in [1.165, 1.54) is 15.8 Å². The number of carbonyl (C=O) groups excluding carboxylic acids is 1. The summed E-state index contributed by atoms with van der Waals surface area (Å²) >= 11 is 1.62. The van der Waals surface area contributed by atoms with Crippen LogP contribution in [-0.4, -0.2) is 15.5 Å². The highest BCUT2D eigenvalue weighted by atomic mass is 32.1. The summed E-state index contributed by atoms with van der Waals surface area (Å²) in [5, 5.41) is 3.74. The number of nitrogens with zero attached hydrogens (tertiary/aromatic N) is 2. The van der Waals surface area contributed by atoms with Gasteiger partial charge in [-0.25, -0.2) is 4.98 Å². The van der Waals surface area contributed by atoms with Crippen LogP contribution in [-0.2, 0) is 17.6 Å². The number of aryl methyl sites for hydroxylation is 4. The molecule has 1 unspecified atom stereocenters. The van der Waals surface area contributed by atoms with Crippen molar-refractivity contribution in [3.05, 3.63) is 56.4 Å². The van der Waals surface area contributed by atoms with Crippen LogP contribution in [0.3, 0.4) is 0 Å². The lowest BCUT2D eigenvalue weighted by molar-refractivity contribution is -0.119. The van der Waals surface area contributed by atoms with Crippen LogP contribution in [0.5, 0.6) is 0 Å². The van der Waals surface area contributed by atoms with Gasteiger partial charge in [0, 0.05) is 10.6 Å². The van der Waals surface area contributed by atoms with E-state index in [0.29, 0.717) is 11.8 Å². The van der Waals surface area contributed by atoms with E-state index in [9.17, 15) is 9.59 Å². The van der Waals surface area contributed by atoms with Gasteiger partial charge in [0.1, 0.15) is 10.9 Å². The number of nitrogens with one attached hydrogen (secondary N) is 1. The molecule has 4 rings (SSSR count). The van der Waals surface area contributed by atoms with Crippen molar-refractivity contribution in [2.24, 2.45) is 0 Å². The zero-order valence-electron chi connectivity index (χ0n) is 15.8. The topological polar surface area (TPSA) is 64.0 Å². The summed E-state index contributed by atoms with van der Waals surface area (Å²) in [5.41, 5.74) is 3.89. The molecule has 2 heterocycles. The number of thiophene rings is 1.